The molecule has 1 aromatic rings. The van der Waals surface area contributed by atoms with Crippen molar-refractivity contribution in [2.45, 2.75) is 39.2 Å². The van der Waals surface area contributed by atoms with Crippen LogP contribution in [0.25, 0.3) is 0 Å². The summed E-state index contributed by atoms with van der Waals surface area (Å²) >= 11 is 0. The maximum absolute atomic E-state index is 12.6. The second kappa shape index (κ2) is 9.04. The van der Waals surface area contributed by atoms with Crippen molar-refractivity contribution in [3.8, 4) is 0 Å². The van der Waals surface area contributed by atoms with E-state index in [0.29, 0.717) is 25.4 Å². The minimum Gasteiger partial charge on any atom is -0.395 e. The highest BCUT2D eigenvalue weighted by Gasteiger charge is 2.20. The first-order valence-electron chi connectivity index (χ1n) is 8.72. The fourth-order valence-corrected chi connectivity index (χ4v) is 3.40. The number of nitrogens with zero attached hydrogens (tertiary/aromatic N) is 2. The fourth-order valence-electron chi connectivity index (χ4n) is 3.40. The lowest BCUT2D eigenvalue weighted by Gasteiger charge is -2.30. The van der Waals surface area contributed by atoms with Gasteiger partial charge in [-0.15, -0.1) is 0 Å². The molecule has 0 bridgehead atoms. The number of hydrogen-bond donors (Lipinski definition) is 1. The van der Waals surface area contributed by atoms with Gasteiger partial charge in [0.1, 0.15) is 0 Å². The second-order valence-electron chi connectivity index (χ2n) is 6.77. The van der Waals surface area contributed by atoms with Gasteiger partial charge in [-0.1, -0.05) is 24.3 Å². The van der Waals surface area contributed by atoms with Gasteiger partial charge in [-0.25, -0.2) is 0 Å². The van der Waals surface area contributed by atoms with Gasteiger partial charge in [-0.2, -0.15) is 0 Å². The van der Waals surface area contributed by atoms with E-state index in [2.05, 4.69) is 31.0 Å². The zero-order valence-electron chi connectivity index (χ0n) is 14.5. The summed E-state index contributed by atoms with van der Waals surface area (Å²) in [5, 5.41) is 9.28. The molecule has 0 radical (unpaired) electrons. The number of likely N-dealkylation sites (tertiary alicyclic amines) is 1. The normalized spacial score (nSPS) is 18.8. The number of carbonyl (C=O) groups is 1. The third-order valence-electron chi connectivity index (χ3n) is 4.83. The minimum absolute atomic E-state index is 0.0176. The standard InChI is InChI=1S/C19H30N2O2/c1-16-6-3-4-8-18(16)15-21(12-13-22)19(23)10-9-17-7-5-11-20(2)14-17/h3-4,6,8,17,22H,5,7,9-15H2,1-2H3/t17-/m1/s1. The van der Waals surface area contributed by atoms with Gasteiger partial charge in [0.25, 0.3) is 0 Å². The summed E-state index contributed by atoms with van der Waals surface area (Å²) in [7, 11) is 2.16. The van der Waals surface area contributed by atoms with E-state index < -0.39 is 0 Å². The molecular formula is C19H30N2O2. The molecule has 1 fully saturated rings. The SMILES string of the molecule is Cc1ccccc1CN(CCO)C(=O)CC[C@H]1CCCN(C)C1. The quantitative estimate of drug-likeness (QED) is 0.840. The zero-order chi connectivity index (χ0) is 16.7. The number of aliphatic hydroxyl groups excluding tert-OH is 1. The van der Waals surface area contributed by atoms with Crippen LogP contribution in [-0.4, -0.2) is 54.1 Å². The van der Waals surface area contributed by atoms with E-state index in [0.717, 1.165) is 18.5 Å². The third kappa shape index (κ3) is 5.63. The number of piperidine rings is 1. The summed E-state index contributed by atoms with van der Waals surface area (Å²) in [4.78, 5) is 16.7. The summed E-state index contributed by atoms with van der Waals surface area (Å²) in [6.45, 7) is 5.37. The molecular weight excluding hydrogens is 288 g/mol. The van der Waals surface area contributed by atoms with Crippen molar-refractivity contribution in [1.29, 1.82) is 0 Å². The Morgan fingerprint density at radius 3 is 2.87 bits per heavy atom. The molecule has 1 aromatic carbocycles. The molecule has 1 saturated heterocycles. The first-order valence-corrected chi connectivity index (χ1v) is 8.72. The van der Waals surface area contributed by atoms with E-state index in [4.69, 9.17) is 0 Å². The molecule has 128 valence electrons. The highest BCUT2D eigenvalue weighted by molar-refractivity contribution is 5.76. The smallest absolute Gasteiger partial charge is 0.222 e. The molecule has 0 saturated carbocycles. The number of aliphatic hydroxyl groups is 1. The van der Waals surface area contributed by atoms with E-state index >= 15 is 0 Å². The number of benzene rings is 1. The van der Waals surface area contributed by atoms with E-state index in [1.165, 1.54) is 24.9 Å². The average Bonchev–Trinajstić information content (AvgIpc) is 2.54. The van der Waals surface area contributed by atoms with Crippen LogP contribution in [0.2, 0.25) is 0 Å². The van der Waals surface area contributed by atoms with Crippen LogP contribution in [0.5, 0.6) is 0 Å². The summed E-state index contributed by atoms with van der Waals surface area (Å²) in [5.74, 6) is 0.794. The maximum atomic E-state index is 12.6. The average molecular weight is 318 g/mol. The largest absolute Gasteiger partial charge is 0.395 e. The van der Waals surface area contributed by atoms with E-state index in [9.17, 15) is 9.90 Å². The molecule has 0 spiro atoms. The highest BCUT2D eigenvalue weighted by Crippen LogP contribution is 2.21. The molecule has 1 N–H and O–H groups in total. The van der Waals surface area contributed by atoms with Crippen LogP contribution >= 0.6 is 0 Å². The van der Waals surface area contributed by atoms with Crippen molar-refractivity contribution < 1.29 is 9.90 Å². The molecule has 1 aliphatic heterocycles. The lowest BCUT2D eigenvalue weighted by Crippen LogP contribution is -2.35. The van der Waals surface area contributed by atoms with Crippen LogP contribution in [0.1, 0.15) is 36.8 Å². The highest BCUT2D eigenvalue weighted by atomic mass is 16.3. The minimum atomic E-state index is 0.0176. The summed E-state index contributed by atoms with van der Waals surface area (Å²) in [6.07, 6.45) is 4.01. The predicted molar refractivity (Wildman–Crippen MR) is 93.1 cm³/mol. The van der Waals surface area contributed by atoms with Gasteiger partial charge in [0.05, 0.1) is 6.61 Å². The Kier molecular flexibility index (Phi) is 7.06. The summed E-state index contributed by atoms with van der Waals surface area (Å²) in [5.41, 5.74) is 2.35. The van der Waals surface area contributed by atoms with Crippen molar-refractivity contribution in [3.05, 3.63) is 35.4 Å². The van der Waals surface area contributed by atoms with Gasteiger partial charge in [0.2, 0.25) is 5.91 Å². The summed E-state index contributed by atoms with van der Waals surface area (Å²) < 4.78 is 0. The Hall–Kier alpha value is -1.39. The van der Waals surface area contributed by atoms with Crippen molar-refractivity contribution in [1.82, 2.24) is 9.80 Å². The van der Waals surface area contributed by atoms with Gasteiger partial charge in [-0.3, -0.25) is 4.79 Å². The van der Waals surface area contributed by atoms with Crippen LogP contribution in [0.4, 0.5) is 0 Å². The lowest BCUT2D eigenvalue weighted by atomic mass is 9.93. The summed E-state index contributed by atoms with van der Waals surface area (Å²) in [6, 6.07) is 8.14. The number of rotatable bonds is 7. The lowest BCUT2D eigenvalue weighted by molar-refractivity contribution is -0.132. The van der Waals surface area contributed by atoms with Crippen LogP contribution in [-0.2, 0) is 11.3 Å². The van der Waals surface area contributed by atoms with Crippen molar-refractivity contribution in [3.63, 3.8) is 0 Å². The van der Waals surface area contributed by atoms with Crippen LogP contribution < -0.4 is 0 Å². The Morgan fingerprint density at radius 2 is 2.17 bits per heavy atom. The van der Waals surface area contributed by atoms with Gasteiger partial charge >= 0.3 is 0 Å². The topological polar surface area (TPSA) is 43.8 Å². The maximum Gasteiger partial charge on any atom is 0.222 e. The van der Waals surface area contributed by atoms with Crippen LogP contribution in [0.15, 0.2) is 24.3 Å². The molecule has 4 heteroatoms. The Labute approximate surface area is 140 Å². The third-order valence-corrected chi connectivity index (χ3v) is 4.83. The van der Waals surface area contributed by atoms with Gasteiger partial charge in [0, 0.05) is 26.1 Å². The second-order valence-corrected chi connectivity index (χ2v) is 6.77. The Morgan fingerprint density at radius 1 is 1.39 bits per heavy atom. The molecule has 1 aliphatic rings. The van der Waals surface area contributed by atoms with Gasteiger partial charge in [0.15, 0.2) is 0 Å². The van der Waals surface area contributed by atoms with Crippen molar-refractivity contribution in [2.75, 3.05) is 33.3 Å². The number of amides is 1. The van der Waals surface area contributed by atoms with Gasteiger partial charge < -0.3 is 14.9 Å². The van der Waals surface area contributed by atoms with E-state index in [-0.39, 0.29) is 12.5 Å². The first kappa shape index (κ1) is 18.0. The molecule has 1 heterocycles. The first-order chi connectivity index (χ1) is 11.1. The van der Waals surface area contributed by atoms with E-state index in [1.54, 1.807) is 4.90 Å². The molecule has 1 amide bonds. The predicted octanol–water partition coefficient (Wildman–Crippen LogP) is 2.44. The molecule has 4 nitrogen and oxygen atoms in total. The van der Waals surface area contributed by atoms with Gasteiger partial charge in [-0.05, 0) is 56.8 Å². The molecule has 0 aromatic heterocycles. The Balaban J connectivity index is 1.89. The zero-order valence-corrected chi connectivity index (χ0v) is 14.5. The van der Waals surface area contributed by atoms with Crippen molar-refractivity contribution in [2.24, 2.45) is 5.92 Å². The number of aryl methyl sites for hydroxylation is 1. The monoisotopic (exact) mass is 318 g/mol. The number of hydrogen-bond acceptors (Lipinski definition) is 3. The molecule has 0 unspecified atom stereocenters. The fraction of sp³-hybridized carbons (Fsp3) is 0.632. The molecule has 23 heavy (non-hydrogen) atoms. The van der Waals surface area contributed by atoms with Crippen LogP contribution in [0.3, 0.4) is 0 Å². The van der Waals surface area contributed by atoms with Crippen molar-refractivity contribution >= 4 is 5.91 Å². The number of carbonyl (C=O) groups excluding carboxylic acids is 1. The molecule has 2 rings (SSSR count). The Bertz CT molecular complexity index is 504. The van der Waals surface area contributed by atoms with E-state index in [1.807, 2.05) is 12.1 Å². The molecule has 1 atom stereocenters. The molecule has 0 aliphatic carbocycles. The van der Waals surface area contributed by atoms with Crippen LogP contribution in [0, 0.1) is 12.8 Å².